The first-order chi connectivity index (χ1) is 18.4. The number of furan rings is 1. The molecule has 1 saturated heterocycles. The van der Waals surface area contributed by atoms with Crippen LogP contribution in [0.25, 0.3) is 11.3 Å². The summed E-state index contributed by atoms with van der Waals surface area (Å²) >= 11 is 5.89. The molecule has 0 aliphatic carbocycles. The summed E-state index contributed by atoms with van der Waals surface area (Å²) in [6.07, 6.45) is 1.42. The van der Waals surface area contributed by atoms with Gasteiger partial charge in [0.25, 0.3) is 5.69 Å². The van der Waals surface area contributed by atoms with E-state index in [0.29, 0.717) is 55.0 Å². The first kappa shape index (κ1) is 27.7. The minimum atomic E-state index is -0.555. The zero-order chi connectivity index (χ0) is 26.5. The quantitative estimate of drug-likeness (QED) is 0.162. The molecule has 5 rings (SSSR count). The maximum atomic E-state index is 13.3. The van der Waals surface area contributed by atoms with Crippen molar-refractivity contribution in [1.82, 2.24) is 15.0 Å². The molecule has 1 aliphatic heterocycles. The number of benzene rings is 2. The highest BCUT2D eigenvalue weighted by Gasteiger charge is 2.17. The topological polar surface area (TPSA) is 144 Å². The highest BCUT2D eigenvalue weighted by Crippen LogP contribution is 2.31. The van der Waals surface area contributed by atoms with Gasteiger partial charge in [0.2, 0.25) is 17.8 Å². The molecule has 0 atom stereocenters. The highest BCUT2D eigenvalue weighted by molar-refractivity contribution is 6.32. The first-order valence-electron chi connectivity index (χ1n) is 11.4. The molecule has 0 spiro atoms. The van der Waals surface area contributed by atoms with Gasteiger partial charge in [-0.2, -0.15) is 20.1 Å². The minimum absolute atomic E-state index is 0. The summed E-state index contributed by atoms with van der Waals surface area (Å²) in [7, 11) is 0. The fourth-order valence-corrected chi connectivity index (χ4v) is 3.76. The lowest BCUT2D eigenvalue weighted by Crippen LogP contribution is -2.37. The molecule has 2 aromatic carbocycles. The van der Waals surface area contributed by atoms with Gasteiger partial charge in [-0.25, -0.2) is 9.82 Å². The van der Waals surface area contributed by atoms with Crippen molar-refractivity contribution in [1.29, 1.82) is 0 Å². The lowest BCUT2D eigenvalue weighted by atomic mass is 10.1. The van der Waals surface area contributed by atoms with Crippen molar-refractivity contribution in [3.8, 4) is 11.3 Å². The number of nitrogens with one attached hydrogen (secondary N) is 2. The molecule has 202 valence electrons. The Labute approximate surface area is 232 Å². The van der Waals surface area contributed by atoms with E-state index in [4.69, 9.17) is 20.8 Å². The third kappa shape index (κ3) is 6.96. The van der Waals surface area contributed by atoms with Crippen LogP contribution in [0.5, 0.6) is 0 Å². The normalized spacial score (nSPS) is 13.2. The van der Waals surface area contributed by atoms with E-state index in [1.807, 2.05) is 4.90 Å². The Morgan fingerprint density at radius 2 is 1.79 bits per heavy atom. The van der Waals surface area contributed by atoms with Crippen LogP contribution in [0.4, 0.5) is 33.6 Å². The highest BCUT2D eigenvalue weighted by atomic mass is 35.5. The number of aromatic nitrogens is 3. The number of hydrogen-bond acceptors (Lipinski definition) is 11. The van der Waals surface area contributed by atoms with Crippen LogP contribution < -0.4 is 15.6 Å². The van der Waals surface area contributed by atoms with E-state index in [1.165, 1.54) is 30.5 Å². The second-order valence-corrected chi connectivity index (χ2v) is 8.42. The fraction of sp³-hybridized carbons (Fsp3) is 0.167. The van der Waals surface area contributed by atoms with E-state index >= 15 is 0 Å². The standard InChI is InChI=1S/C24H20ClFN8O4.ClH/c25-19-7-1-15(13-20(19)34(35)36)21-8-6-18(38-21)14-27-32-23-29-22(28-17-4-2-16(26)3-5-17)30-24(31-23)33-9-11-37-12-10-33;/h1-8,13-14H,9-12H2,(H2,28,29,30,31,32);1H/b27-14-;. The van der Waals surface area contributed by atoms with Crippen LogP contribution in [-0.4, -0.2) is 52.4 Å². The SMILES string of the molecule is Cl.O=[N+]([O-])c1cc(-c2ccc(/C=N\Nc3nc(Nc4ccc(F)cc4)nc(N4CCOCC4)n3)o2)ccc1Cl. The molecule has 0 saturated carbocycles. The smallest absolute Gasteiger partial charge is 0.288 e. The molecule has 2 N–H and O–H groups in total. The van der Waals surface area contributed by atoms with Crippen LogP contribution in [0.3, 0.4) is 0 Å². The summed E-state index contributed by atoms with van der Waals surface area (Å²) in [5.41, 5.74) is 3.66. The predicted octanol–water partition coefficient (Wildman–Crippen LogP) is 5.28. The Hall–Kier alpha value is -4.33. The Morgan fingerprint density at radius 1 is 1.05 bits per heavy atom. The van der Waals surface area contributed by atoms with Gasteiger partial charge in [0, 0.05) is 30.4 Å². The van der Waals surface area contributed by atoms with Crippen molar-refractivity contribution >= 4 is 59.4 Å². The van der Waals surface area contributed by atoms with E-state index in [2.05, 4.69) is 30.8 Å². The molecule has 4 aromatic rings. The molecule has 0 bridgehead atoms. The number of hydrogen-bond donors (Lipinski definition) is 2. The largest absolute Gasteiger partial charge is 0.455 e. The van der Waals surface area contributed by atoms with Crippen LogP contribution >= 0.6 is 24.0 Å². The molecule has 1 fully saturated rings. The van der Waals surface area contributed by atoms with Crippen molar-refractivity contribution in [2.45, 2.75) is 0 Å². The molecule has 12 nitrogen and oxygen atoms in total. The van der Waals surface area contributed by atoms with Crippen molar-refractivity contribution < 1.29 is 18.5 Å². The molecule has 3 heterocycles. The van der Waals surface area contributed by atoms with Crippen LogP contribution in [-0.2, 0) is 4.74 Å². The van der Waals surface area contributed by atoms with Crippen molar-refractivity contribution in [2.75, 3.05) is 41.9 Å². The Kier molecular flexibility index (Phi) is 8.86. The van der Waals surface area contributed by atoms with Crippen LogP contribution in [0.2, 0.25) is 5.02 Å². The van der Waals surface area contributed by atoms with Crippen molar-refractivity contribution in [3.05, 3.63) is 81.3 Å². The lowest BCUT2D eigenvalue weighted by molar-refractivity contribution is -0.384. The maximum absolute atomic E-state index is 13.3. The van der Waals surface area contributed by atoms with E-state index in [9.17, 15) is 14.5 Å². The van der Waals surface area contributed by atoms with Crippen molar-refractivity contribution in [3.63, 3.8) is 0 Å². The Bertz CT molecular complexity index is 1480. The number of nitro benzene ring substituents is 1. The number of halogens is 3. The van der Waals surface area contributed by atoms with E-state index < -0.39 is 4.92 Å². The number of nitro groups is 1. The van der Waals surface area contributed by atoms with Gasteiger partial charge in [0.15, 0.2) is 0 Å². The zero-order valence-electron chi connectivity index (χ0n) is 20.1. The molecule has 0 radical (unpaired) electrons. The average molecular weight is 575 g/mol. The molecular weight excluding hydrogens is 554 g/mol. The molecule has 0 unspecified atom stereocenters. The van der Waals surface area contributed by atoms with Gasteiger partial charge in [-0.3, -0.25) is 10.1 Å². The number of hydrazone groups is 1. The summed E-state index contributed by atoms with van der Waals surface area (Å²) < 4.78 is 24.4. The lowest BCUT2D eigenvalue weighted by Gasteiger charge is -2.27. The summed E-state index contributed by atoms with van der Waals surface area (Å²) in [6, 6.07) is 13.5. The maximum Gasteiger partial charge on any atom is 0.288 e. The van der Waals surface area contributed by atoms with E-state index in [0.717, 1.165) is 0 Å². The summed E-state index contributed by atoms with van der Waals surface area (Å²) in [5.74, 6) is 1.28. The molecule has 15 heteroatoms. The third-order valence-electron chi connectivity index (χ3n) is 5.43. The van der Waals surface area contributed by atoms with Gasteiger partial charge >= 0.3 is 0 Å². The van der Waals surface area contributed by atoms with Gasteiger partial charge in [-0.05, 0) is 48.5 Å². The predicted molar refractivity (Wildman–Crippen MR) is 147 cm³/mol. The number of ether oxygens (including phenoxy) is 1. The number of morpholine rings is 1. The van der Waals surface area contributed by atoms with E-state index in [-0.39, 0.29) is 40.8 Å². The van der Waals surface area contributed by atoms with Crippen LogP contribution in [0.1, 0.15) is 5.76 Å². The second-order valence-electron chi connectivity index (χ2n) is 8.01. The number of anilines is 4. The molecular formula is C24H21Cl2FN8O4. The molecule has 1 aliphatic rings. The zero-order valence-corrected chi connectivity index (χ0v) is 21.7. The number of nitrogens with zero attached hydrogens (tertiary/aromatic N) is 6. The Balaban J connectivity index is 0.00000353. The fourth-order valence-electron chi connectivity index (χ4n) is 3.57. The van der Waals surface area contributed by atoms with E-state index in [1.54, 1.807) is 30.3 Å². The first-order valence-corrected chi connectivity index (χ1v) is 11.8. The van der Waals surface area contributed by atoms with Crippen LogP contribution in [0, 0.1) is 15.9 Å². The molecule has 2 aromatic heterocycles. The van der Waals surface area contributed by atoms with Gasteiger partial charge in [-0.1, -0.05) is 11.6 Å². The third-order valence-corrected chi connectivity index (χ3v) is 5.75. The number of rotatable bonds is 8. The Morgan fingerprint density at radius 3 is 2.54 bits per heavy atom. The molecule has 39 heavy (non-hydrogen) atoms. The second kappa shape index (κ2) is 12.5. The summed E-state index contributed by atoms with van der Waals surface area (Å²) in [5, 5.41) is 18.4. The van der Waals surface area contributed by atoms with Gasteiger partial charge in [0.05, 0.1) is 24.4 Å². The van der Waals surface area contributed by atoms with Gasteiger partial charge in [-0.15, -0.1) is 12.4 Å². The average Bonchev–Trinajstić information content (AvgIpc) is 3.39. The van der Waals surface area contributed by atoms with Crippen LogP contribution in [0.15, 0.2) is 64.1 Å². The minimum Gasteiger partial charge on any atom is -0.455 e. The monoisotopic (exact) mass is 574 g/mol. The van der Waals surface area contributed by atoms with Crippen molar-refractivity contribution in [2.24, 2.45) is 5.10 Å². The molecule has 0 amide bonds. The summed E-state index contributed by atoms with van der Waals surface area (Å²) in [6.45, 7) is 2.32. The van der Waals surface area contributed by atoms with Gasteiger partial charge < -0.3 is 19.4 Å². The summed E-state index contributed by atoms with van der Waals surface area (Å²) in [4.78, 5) is 25.8. The van der Waals surface area contributed by atoms with Gasteiger partial charge in [0.1, 0.15) is 22.4 Å².